The van der Waals surface area contributed by atoms with Gasteiger partial charge in [-0.3, -0.25) is 9.36 Å². The quantitative estimate of drug-likeness (QED) is 0.256. The van der Waals surface area contributed by atoms with Crippen molar-refractivity contribution in [1.29, 1.82) is 0 Å². The van der Waals surface area contributed by atoms with Crippen LogP contribution in [0, 0.1) is 0 Å². The Morgan fingerprint density at radius 2 is 1.93 bits per heavy atom. The molecule has 1 saturated heterocycles. The number of rotatable bonds is 8. The van der Waals surface area contributed by atoms with E-state index in [9.17, 15) is 18.0 Å². The average molecular weight is 595 g/mol. The van der Waals surface area contributed by atoms with Crippen LogP contribution in [0.1, 0.15) is 41.1 Å². The van der Waals surface area contributed by atoms with Gasteiger partial charge in [0.1, 0.15) is 45.7 Å². The number of thiophene rings is 1. The number of ether oxygens (including phenoxy) is 3. The fraction of sp³-hybridized carbons (Fsp3) is 0.333. The first kappa shape index (κ1) is 28.1. The lowest BCUT2D eigenvalue weighted by atomic mass is 10.1. The molecule has 2 aromatic carbocycles. The number of benzene rings is 2. The molecule has 0 unspecified atom stereocenters. The molecule has 0 bridgehead atoms. The van der Waals surface area contributed by atoms with Crippen LogP contribution >= 0.6 is 22.9 Å². The van der Waals surface area contributed by atoms with Gasteiger partial charge in [-0.1, -0.05) is 23.7 Å². The molecule has 1 aliphatic heterocycles. The summed E-state index contributed by atoms with van der Waals surface area (Å²) in [5.41, 5.74) is 7.12. The lowest BCUT2D eigenvalue weighted by Crippen LogP contribution is -2.35. The molecule has 8 nitrogen and oxygen atoms in total. The summed E-state index contributed by atoms with van der Waals surface area (Å²) in [6.45, 7) is 3.70. The van der Waals surface area contributed by atoms with Gasteiger partial charge in [0.2, 0.25) is 0 Å². The van der Waals surface area contributed by atoms with Crippen LogP contribution in [0.2, 0.25) is 5.02 Å². The standard InChI is InChI=1S/C27H26ClF3N4O4S/c1-15(18-4-3-5-21(24(18)28)38-16-8-10-34(2)11-9-16)37-22-13-23(40-25(22)26(32)36)35-14-33-19-12-17(6-7-20(19)35)39-27(29,30)31/h3-7,12-16H,8-11H2,1-2H3,(H2,32,36)/t15-/m1/s1. The average Bonchev–Trinajstić information content (AvgIpc) is 3.49. The first-order valence-corrected chi connectivity index (χ1v) is 13.6. The third-order valence-electron chi connectivity index (χ3n) is 6.59. The number of piperidine rings is 1. The number of alkyl halides is 3. The van der Waals surface area contributed by atoms with E-state index in [0.29, 0.717) is 26.9 Å². The number of halogens is 4. The zero-order valence-electron chi connectivity index (χ0n) is 21.6. The van der Waals surface area contributed by atoms with Crippen LogP contribution < -0.4 is 19.9 Å². The lowest BCUT2D eigenvalue weighted by Gasteiger charge is -2.30. The summed E-state index contributed by atoms with van der Waals surface area (Å²) in [5.74, 6) is -0.249. The predicted octanol–water partition coefficient (Wildman–Crippen LogP) is 6.35. The Morgan fingerprint density at radius 3 is 2.62 bits per heavy atom. The smallest absolute Gasteiger partial charge is 0.489 e. The molecule has 0 radical (unpaired) electrons. The minimum Gasteiger partial charge on any atom is -0.489 e. The minimum atomic E-state index is -4.81. The number of fused-ring (bicyclic) bond motifs is 1. The van der Waals surface area contributed by atoms with Gasteiger partial charge in [-0.05, 0) is 45.0 Å². The molecular formula is C27H26ClF3N4O4S. The Labute approximate surface area is 237 Å². The number of hydrogen-bond donors (Lipinski definition) is 1. The molecule has 4 aromatic rings. The molecule has 13 heteroatoms. The molecule has 1 amide bonds. The van der Waals surface area contributed by atoms with Crippen LogP contribution in [0.15, 0.2) is 48.8 Å². The molecule has 1 aliphatic rings. The van der Waals surface area contributed by atoms with Gasteiger partial charge in [-0.2, -0.15) is 0 Å². The van der Waals surface area contributed by atoms with E-state index in [1.54, 1.807) is 17.6 Å². The molecule has 1 atom stereocenters. The Kier molecular flexibility index (Phi) is 7.85. The van der Waals surface area contributed by atoms with Crippen LogP contribution in [0.4, 0.5) is 13.2 Å². The Bertz CT molecular complexity index is 1530. The normalized spacial score (nSPS) is 15.8. The highest BCUT2D eigenvalue weighted by atomic mass is 35.5. The van der Waals surface area contributed by atoms with E-state index < -0.39 is 18.4 Å². The maximum Gasteiger partial charge on any atom is 0.573 e. The highest BCUT2D eigenvalue weighted by Crippen LogP contribution is 2.39. The van der Waals surface area contributed by atoms with Gasteiger partial charge < -0.3 is 24.8 Å². The molecule has 2 N–H and O–H groups in total. The summed E-state index contributed by atoms with van der Waals surface area (Å²) in [4.78, 5) is 18.9. The van der Waals surface area contributed by atoms with Gasteiger partial charge in [0, 0.05) is 30.8 Å². The van der Waals surface area contributed by atoms with Crippen molar-refractivity contribution in [3.8, 4) is 22.2 Å². The Morgan fingerprint density at radius 1 is 1.18 bits per heavy atom. The Hall–Kier alpha value is -3.48. The van der Waals surface area contributed by atoms with Crippen molar-refractivity contribution in [3.05, 3.63) is 64.3 Å². The summed E-state index contributed by atoms with van der Waals surface area (Å²) in [6.07, 6.45) is -2.06. The number of amides is 1. The number of aromatic nitrogens is 2. The molecule has 5 rings (SSSR count). The summed E-state index contributed by atoms with van der Waals surface area (Å²) in [7, 11) is 2.08. The van der Waals surface area contributed by atoms with Crippen LogP contribution in [-0.4, -0.2) is 53.0 Å². The van der Waals surface area contributed by atoms with Gasteiger partial charge in [-0.25, -0.2) is 4.98 Å². The molecular weight excluding hydrogens is 569 g/mol. The van der Waals surface area contributed by atoms with Crippen LogP contribution in [0.25, 0.3) is 16.0 Å². The zero-order chi connectivity index (χ0) is 28.6. The predicted molar refractivity (Wildman–Crippen MR) is 146 cm³/mol. The first-order valence-electron chi connectivity index (χ1n) is 12.5. The van der Waals surface area contributed by atoms with E-state index in [-0.39, 0.29) is 28.0 Å². The second-order valence-corrected chi connectivity index (χ2v) is 10.9. The molecule has 212 valence electrons. The van der Waals surface area contributed by atoms with E-state index in [1.165, 1.54) is 24.5 Å². The SMILES string of the molecule is C[C@@H](Oc1cc(-n2cnc3cc(OC(F)(F)F)ccc32)sc1C(N)=O)c1cccc(OC2CCN(C)CC2)c1Cl. The van der Waals surface area contributed by atoms with E-state index in [4.69, 9.17) is 26.8 Å². The van der Waals surface area contributed by atoms with Crippen LogP contribution in [-0.2, 0) is 0 Å². The lowest BCUT2D eigenvalue weighted by molar-refractivity contribution is -0.274. The van der Waals surface area contributed by atoms with Gasteiger partial charge in [0.25, 0.3) is 5.91 Å². The number of imidazole rings is 1. The number of hydrogen-bond acceptors (Lipinski definition) is 7. The molecule has 3 heterocycles. The summed E-state index contributed by atoms with van der Waals surface area (Å²) < 4.78 is 55.8. The number of nitrogens with zero attached hydrogens (tertiary/aromatic N) is 3. The van der Waals surface area contributed by atoms with Crippen molar-refractivity contribution in [2.45, 2.75) is 38.3 Å². The molecule has 0 saturated carbocycles. The van der Waals surface area contributed by atoms with Crippen LogP contribution in [0.5, 0.6) is 17.2 Å². The van der Waals surface area contributed by atoms with Gasteiger partial charge in [0.05, 0.1) is 16.1 Å². The summed E-state index contributed by atoms with van der Waals surface area (Å²) in [6, 6.07) is 11.0. The van der Waals surface area contributed by atoms with Crippen molar-refractivity contribution < 1.29 is 32.2 Å². The highest BCUT2D eigenvalue weighted by molar-refractivity contribution is 7.16. The van der Waals surface area contributed by atoms with Crippen molar-refractivity contribution in [2.24, 2.45) is 5.73 Å². The molecule has 0 spiro atoms. The monoisotopic (exact) mass is 594 g/mol. The van der Waals surface area contributed by atoms with Crippen molar-refractivity contribution >= 4 is 39.9 Å². The minimum absolute atomic E-state index is 0.0715. The van der Waals surface area contributed by atoms with Crippen molar-refractivity contribution in [1.82, 2.24) is 14.5 Å². The third-order valence-corrected chi connectivity index (χ3v) is 8.13. The maximum atomic E-state index is 12.6. The molecule has 1 fully saturated rings. The summed E-state index contributed by atoms with van der Waals surface area (Å²) in [5, 5.41) is 0.968. The fourth-order valence-corrected chi connectivity index (χ4v) is 5.83. The second kappa shape index (κ2) is 11.2. The number of carbonyl (C=O) groups excluding carboxylic acids is 1. The van der Waals surface area contributed by atoms with E-state index in [1.807, 2.05) is 18.2 Å². The second-order valence-electron chi connectivity index (χ2n) is 9.50. The first-order chi connectivity index (χ1) is 19.0. The van der Waals surface area contributed by atoms with Crippen molar-refractivity contribution in [3.63, 3.8) is 0 Å². The number of primary amides is 1. The highest BCUT2D eigenvalue weighted by Gasteiger charge is 2.31. The van der Waals surface area contributed by atoms with Gasteiger partial charge in [-0.15, -0.1) is 24.5 Å². The van der Waals surface area contributed by atoms with E-state index in [0.717, 1.165) is 37.3 Å². The maximum absolute atomic E-state index is 12.6. The third kappa shape index (κ3) is 6.13. The number of carbonyl (C=O) groups is 1. The van der Waals surface area contributed by atoms with Gasteiger partial charge >= 0.3 is 6.36 Å². The fourth-order valence-electron chi connectivity index (χ4n) is 4.57. The van der Waals surface area contributed by atoms with Crippen molar-refractivity contribution in [2.75, 3.05) is 20.1 Å². The number of nitrogens with two attached hydrogens (primary N) is 1. The van der Waals surface area contributed by atoms with E-state index >= 15 is 0 Å². The topological polar surface area (TPSA) is 91.8 Å². The van der Waals surface area contributed by atoms with E-state index in [2.05, 4.69) is 21.7 Å². The summed E-state index contributed by atoms with van der Waals surface area (Å²) >= 11 is 7.80. The Balaban J connectivity index is 1.39. The molecule has 40 heavy (non-hydrogen) atoms. The van der Waals surface area contributed by atoms with Gasteiger partial charge in [0.15, 0.2) is 0 Å². The van der Waals surface area contributed by atoms with Crippen LogP contribution in [0.3, 0.4) is 0 Å². The largest absolute Gasteiger partial charge is 0.573 e. The number of likely N-dealkylation sites (tertiary alicyclic amines) is 1. The zero-order valence-corrected chi connectivity index (χ0v) is 23.1. The molecule has 2 aromatic heterocycles. The molecule has 0 aliphatic carbocycles.